The Morgan fingerprint density at radius 3 is 2.62 bits per heavy atom. The van der Waals surface area contributed by atoms with Crippen LogP contribution in [0.25, 0.3) is 0 Å². The number of rotatable bonds is 4. The van der Waals surface area contributed by atoms with Crippen molar-refractivity contribution in [3.05, 3.63) is 23.3 Å². The average Bonchev–Trinajstić information content (AvgIpc) is 2.74. The van der Waals surface area contributed by atoms with E-state index < -0.39 is 0 Å². The molecule has 0 aromatic heterocycles. The quantitative estimate of drug-likeness (QED) is 0.721. The number of hydrogen-bond acceptors (Lipinski definition) is 2. The molecule has 24 heavy (non-hydrogen) atoms. The maximum atomic E-state index is 10.8. The number of unbranched alkanes of at least 4 members (excludes halogenated alkanes) is 2. The summed E-state index contributed by atoms with van der Waals surface area (Å²) in [7, 11) is 0. The minimum absolute atomic E-state index is 0.0498. The van der Waals surface area contributed by atoms with Gasteiger partial charge < -0.3 is 9.84 Å². The van der Waals surface area contributed by atoms with E-state index in [0.717, 1.165) is 24.2 Å². The number of hydrogen-bond donors (Lipinski definition) is 1. The van der Waals surface area contributed by atoms with Gasteiger partial charge in [0.1, 0.15) is 17.1 Å². The van der Waals surface area contributed by atoms with E-state index in [0.29, 0.717) is 29.4 Å². The van der Waals surface area contributed by atoms with Crippen LogP contribution in [0.4, 0.5) is 0 Å². The van der Waals surface area contributed by atoms with Crippen molar-refractivity contribution in [2.24, 2.45) is 23.2 Å². The van der Waals surface area contributed by atoms with Crippen LogP contribution in [0, 0.1) is 23.2 Å². The third-order valence-electron chi connectivity index (χ3n) is 7.36. The van der Waals surface area contributed by atoms with Crippen LogP contribution in [0.15, 0.2) is 12.1 Å². The smallest absolute Gasteiger partial charge is 0.127 e. The summed E-state index contributed by atoms with van der Waals surface area (Å²) < 4.78 is 6.58. The van der Waals surface area contributed by atoms with Crippen LogP contribution in [0.1, 0.15) is 77.3 Å². The lowest BCUT2D eigenvalue weighted by Gasteiger charge is -2.62. The minimum atomic E-state index is -0.0498. The molecule has 1 aromatic carbocycles. The molecule has 0 radical (unpaired) electrons. The Morgan fingerprint density at radius 2 is 1.92 bits per heavy atom. The van der Waals surface area contributed by atoms with Gasteiger partial charge in [-0.15, -0.1) is 0 Å². The molecule has 132 valence electrons. The lowest BCUT2D eigenvalue weighted by Crippen LogP contribution is -2.60. The number of phenolic OH excluding ortho intramolecular Hbond substituents is 1. The van der Waals surface area contributed by atoms with Gasteiger partial charge in [-0.05, 0) is 61.1 Å². The molecular weight excluding hydrogens is 296 g/mol. The Balaban J connectivity index is 1.74. The first-order chi connectivity index (χ1) is 11.3. The van der Waals surface area contributed by atoms with Gasteiger partial charge in [-0.1, -0.05) is 40.5 Å². The van der Waals surface area contributed by atoms with E-state index in [-0.39, 0.29) is 11.0 Å². The third kappa shape index (κ3) is 2.01. The van der Waals surface area contributed by atoms with E-state index >= 15 is 0 Å². The van der Waals surface area contributed by atoms with Gasteiger partial charge in [0, 0.05) is 17.4 Å². The number of ether oxygens (including phenoxy) is 1. The minimum Gasteiger partial charge on any atom is -0.508 e. The van der Waals surface area contributed by atoms with E-state index in [2.05, 4.69) is 40.7 Å². The SMILES string of the molecule is CCCCCc1cc(O)c2c(c1)O[C@]1(C)CC(C)C3[C@@H]1[C@@H]2C3(C)C. The molecule has 2 aliphatic carbocycles. The van der Waals surface area contributed by atoms with Crippen LogP contribution in [0.2, 0.25) is 0 Å². The standard InChI is InChI=1S/C22H32O2/c1-6-7-8-9-14-10-15(23)17-16(11-14)24-22(5)12-13(2)18-20(22)19(17)21(18,3)4/h10-11,13,18-20,23H,6-9,12H2,1-5H3/t13?,18?,19-,20-,22-/m1/s1. The Hall–Kier alpha value is -1.18. The molecule has 2 fully saturated rings. The molecule has 0 bridgehead atoms. The van der Waals surface area contributed by atoms with Gasteiger partial charge in [0.05, 0.1) is 0 Å². The topological polar surface area (TPSA) is 29.5 Å². The predicted octanol–water partition coefficient (Wildman–Crippen LogP) is 5.67. The van der Waals surface area contributed by atoms with Crippen molar-refractivity contribution in [3.63, 3.8) is 0 Å². The molecule has 5 atom stereocenters. The molecule has 3 aliphatic rings. The van der Waals surface area contributed by atoms with E-state index in [4.69, 9.17) is 4.74 Å². The summed E-state index contributed by atoms with van der Waals surface area (Å²) in [5.41, 5.74) is 2.52. The van der Waals surface area contributed by atoms with Crippen LogP contribution in [-0.2, 0) is 6.42 Å². The first-order valence-electron chi connectivity index (χ1n) is 9.84. The highest BCUT2D eigenvalue weighted by Gasteiger charge is 2.71. The van der Waals surface area contributed by atoms with Crippen molar-refractivity contribution >= 4 is 0 Å². The fraction of sp³-hybridized carbons (Fsp3) is 0.727. The maximum Gasteiger partial charge on any atom is 0.127 e. The molecule has 2 heteroatoms. The van der Waals surface area contributed by atoms with Gasteiger partial charge in [-0.25, -0.2) is 0 Å². The zero-order valence-electron chi connectivity index (χ0n) is 15.9. The number of aryl methyl sites for hydroxylation is 1. The molecule has 0 amide bonds. The van der Waals surface area contributed by atoms with Crippen molar-refractivity contribution in [1.29, 1.82) is 0 Å². The Labute approximate surface area is 146 Å². The Kier molecular flexibility index (Phi) is 3.50. The highest BCUT2D eigenvalue weighted by Crippen LogP contribution is 2.75. The second-order valence-electron chi connectivity index (χ2n) is 9.43. The number of fused-ring (bicyclic) bond motifs is 2. The summed E-state index contributed by atoms with van der Waals surface area (Å²) in [5.74, 6) is 3.84. The number of phenols is 1. The Morgan fingerprint density at radius 1 is 1.17 bits per heavy atom. The molecule has 2 nitrogen and oxygen atoms in total. The summed E-state index contributed by atoms with van der Waals surface area (Å²) in [5, 5.41) is 10.8. The molecule has 2 saturated carbocycles. The zero-order chi connectivity index (χ0) is 17.3. The first-order valence-corrected chi connectivity index (χ1v) is 9.84. The van der Waals surface area contributed by atoms with E-state index in [9.17, 15) is 5.11 Å². The van der Waals surface area contributed by atoms with Crippen LogP contribution in [0.3, 0.4) is 0 Å². The normalized spacial score (nSPS) is 38.0. The summed E-state index contributed by atoms with van der Waals surface area (Å²) in [6.07, 6.45) is 5.83. The second-order valence-corrected chi connectivity index (χ2v) is 9.43. The van der Waals surface area contributed by atoms with Crippen molar-refractivity contribution in [2.45, 2.75) is 78.2 Å². The molecule has 0 spiro atoms. The Bertz CT molecular complexity index is 662. The van der Waals surface area contributed by atoms with E-state index in [1.807, 2.05) is 6.07 Å². The van der Waals surface area contributed by atoms with Crippen LogP contribution < -0.4 is 4.74 Å². The van der Waals surface area contributed by atoms with Crippen molar-refractivity contribution in [2.75, 3.05) is 0 Å². The second kappa shape index (κ2) is 5.16. The highest BCUT2D eigenvalue weighted by atomic mass is 16.5. The highest BCUT2D eigenvalue weighted by molar-refractivity contribution is 5.55. The van der Waals surface area contributed by atoms with Gasteiger partial charge in [0.2, 0.25) is 0 Å². The maximum absolute atomic E-state index is 10.8. The molecule has 1 N–H and O–H groups in total. The fourth-order valence-electron chi connectivity index (χ4n) is 6.64. The van der Waals surface area contributed by atoms with Gasteiger partial charge >= 0.3 is 0 Å². The molecule has 1 heterocycles. The van der Waals surface area contributed by atoms with E-state index in [1.54, 1.807) is 0 Å². The molecule has 1 aliphatic heterocycles. The van der Waals surface area contributed by atoms with Crippen LogP contribution >= 0.6 is 0 Å². The lowest BCUT2D eigenvalue weighted by molar-refractivity contribution is -0.127. The van der Waals surface area contributed by atoms with Gasteiger partial charge in [-0.2, -0.15) is 0 Å². The van der Waals surface area contributed by atoms with Crippen LogP contribution in [0.5, 0.6) is 11.5 Å². The first kappa shape index (κ1) is 16.3. The molecule has 1 aromatic rings. The zero-order valence-corrected chi connectivity index (χ0v) is 15.9. The summed E-state index contributed by atoms with van der Waals surface area (Å²) in [4.78, 5) is 0. The summed E-state index contributed by atoms with van der Waals surface area (Å²) >= 11 is 0. The fourth-order valence-corrected chi connectivity index (χ4v) is 6.64. The van der Waals surface area contributed by atoms with Gasteiger partial charge in [-0.3, -0.25) is 0 Å². The van der Waals surface area contributed by atoms with E-state index in [1.165, 1.54) is 24.8 Å². The van der Waals surface area contributed by atoms with Gasteiger partial charge in [0.25, 0.3) is 0 Å². The predicted molar refractivity (Wildman–Crippen MR) is 97.7 cm³/mol. The van der Waals surface area contributed by atoms with Crippen molar-refractivity contribution < 1.29 is 9.84 Å². The third-order valence-corrected chi connectivity index (χ3v) is 7.36. The largest absolute Gasteiger partial charge is 0.508 e. The van der Waals surface area contributed by atoms with Crippen LogP contribution in [-0.4, -0.2) is 10.7 Å². The monoisotopic (exact) mass is 328 g/mol. The summed E-state index contributed by atoms with van der Waals surface area (Å²) in [6, 6.07) is 4.22. The molecular formula is C22H32O2. The molecule has 4 rings (SSSR count). The lowest BCUT2D eigenvalue weighted by atomic mass is 9.44. The number of aromatic hydroxyl groups is 1. The summed E-state index contributed by atoms with van der Waals surface area (Å²) in [6.45, 7) is 11.7. The average molecular weight is 328 g/mol. The van der Waals surface area contributed by atoms with Crippen molar-refractivity contribution in [1.82, 2.24) is 0 Å². The molecule has 0 saturated heterocycles. The van der Waals surface area contributed by atoms with Crippen molar-refractivity contribution in [3.8, 4) is 11.5 Å². The number of benzene rings is 1. The molecule has 2 unspecified atom stereocenters. The van der Waals surface area contributed by atoms with Gasteiger partial charge in [0.15, 0.2) is 0 Å².